The lowest BCUT2D eigenvalue weighted by Crippen LogP contribution is -2.46. The molecule has 0 spiro atoms. The van der Waals surface area contributed by atoms with Crippen molar-refractivity contribution in [1.29, 1.82) is 0 Å². The minimum absolute atomic E-state index is 0.0229. The number of nitrogens with two attached hydrogens (primary N) is 1. The zero-order chi connectivity index (χ0) is 15.6. The van der Waals surface area contributed by atoms with Crippen LogP contribution in [0.3, 0.4) is 0 Å². The summed E-state index contributed by atoms with van der Waals surface area (Å²) in [5.74, 6) is 5.99. The van der Waals surface area contributed by atoms with E-state index in [0.717, 1.165) is 5.75 Å². The number of nitrogen functional groups attached to an aromatic ring is 1. The van der Waals surface area contributed by atoms with Gasteiger partial charge in [-0.3, -0.25) is 20.8 Å². The fourth-order valence-corrected chi connectivity index (χ4v) is 3.49. The molecule has 0 bridgehead atoms. The van der Waals surface area contributed by atoms with Gasteiger partial charge in [-0.25, -0.2) is 0 Å². The van der Waals surface area contributed by atoms with Crippen molar-refractivity contribution in [3.05, 3.63) is 33.9 Å². The molecule has 0 aliphatic carbocycles. The van der Waals surface area contributed by atoms with Crippen LogP contribution < -0.4 is 11.3 Å². The van der Waals surface area contributed by atoms with Crippen LogP contribution in [0.15, 0.2) is 18.2 Å². The number of nitrogens with zero attached hydrogens (tertiary/aromatic N) is 2. The lowest BCUT2D eigenvalue weighted by molar-refractivity contribution is -0.384. The molecule has 1 aromatic carbocycles. The van der Waals surface area contributed by atoms with Gasteiger partial charge in [0, 0.05) is 29.7 Å². The van der Waals surface area contributed by atoms with Crippen LogP contribution >= 0.6 is 11.8 Å². The molecule has 1 amide bonds. The topological polar surface area (TPSA) is 102 Å². The van der Waals surface area contributed by atoms with Crippen molar-refractivity contribution < 1.29 is 9.72 Å². The van der Waals surface area contributed by atoms with Gasteiger partial charge < -0.3 is 10.3 Å². The molecule has 1 aliphatic heterocycles. The minimum atomic E-state index is -0.554. The number of thioether (sulfide) groups is 1. The van der Waals surface area contributed by atoms with Crippen LogP contribution in [-0.2, 0) is 0 Å². The lowest BCUT2D eigenvalue weighted by atomic mass is 10.1. The fourth-order valence-electron chi connectivity index (χ4n) is 2.38. The van der Waals surface area contributed by atoms with Gasteiger partial charge >= 0.3 is 0 Å². The maximum Gasteiger partial charge on any atom is 0.294 e. The summed E-state index contributed by atoms with van der Waals surface area (Å²) in [7, 11) is 0. The molecule has 8 heteroatoms. The second kappa shape index (κ2) is 5.90. The van der Waals surface area contributed by atoms with E-state index >= 15 is 0 Å². The molecule has 2 rings (SSSR count). The Morgan fingerprint density at radius 1 is 1.52 bits per heavy atom. The van der Waals surface area contributed by atoms with Gasteiger partial charge in [0.15, 0.2) is 0 Å². The molecule has 7 nitrogen and oxygen atoms in total. The van der Waals surface area contributed by atoms with E-state index in [9.17, 15) is 14.9 Å². The number of hydrogen-bond donors (Lipinski definition) is 2. The molecule has 21 heavy (non-hydrogen) atoms. The average Bonchev–Trinajstić information content (AvgIpc) is 2.44. The van der Waals surface area contributed by atoms with Crippen LogP contribution in [0, 0.1) is 10.1 Å². The number of para-hydroxylation sites is 1. The number of nitro benzene ring substituents is 1. The van der Waals surface area contributed by atoms with Crippen LogP contribution in [0.1, 0.15) is 24.2 Å². The van der Waals surface area contributed by atoms with Crippen molar-refractivity contribution in [3.63, 3.8) is 0 Å². The Balaban J connectivity index is 2.35. The average molecular weight is 310 g/mol. The molecule has 1 aromatic rings. The van der Waals surface area contributed by atoms with Gasteiger partial charge in [-0.1, -0.05) is 6.07 Å². The number of benzene rings is 1. The van der Waals surface area contributed by atoms with Crippen LogP contribution in [0.4, 0.5) is 11.4 Å². The third-order valence-corrected chi connectivity index (χ3v) is 4.62. The third-order valence-electron chi connectivity index (χ3n) is 3.33. The second-order valence-electron chi connectivity index (χ2n) is 5.44. The maximum atomic E-state index is 12.6. The highest BCUT2D eigenvalue weighted by molar-refractivity contribution is 8.00. The van der Waals surface area contributed by atoms with Gasteiger partial charge in [0.1, 0.15) is 5.69 Å². The monoisotopic (exact) mass is 310 g/mol. The summed E-state index contributed by atoms with van der Waals surface area (Å²) in [6, 6.07) is 4.37. The Kier molecular flexibility index (Phi) is 4.38. The van der Waals surface area contributed by atoms with Gasteiger partial charge in [-0.15, -0.1) is 0 Å². The number of hydrazine groups is 1. The number of rotatable bonds is 3. The highest BCUT2D eigenvalue weighted by Crippen LogP contribution is 2.33. The first-order chi connectivity index (χ1) is 9.85. The first-order valence-corrected chi connectivity index (χ1v) is 7.51. The predicted molar refractivity (Wildman–Crippen MR) is 83.3 cm³/mol. The number of nitrogens with one attached hydrogen (secondary N) is 1. The quantitative estimate of drug-likeness (QED) is 0.502. The molecule has 114 valence electrons. The largest absolute Gasteiger partial charge is 0.336 e. The standard InChI is InChI=1S/C13H18N4O3S/c1-13(2)8-16(6-7-21-13)12(18)9-4-3-5-10(17(19)20)11(9)15-14/h3-5,15H,6-8,14H2,1-2H3. The summed E-state index contributed by atoms with van der Waals surface area (Å²) in [6.07, 6.45) is 0. The maximum absolute atomic E-state index is 12.6. The molecule has 1 saturated heterocycles. The number of carbonyl (C=O) groups excluding carboxylic acids is 1. The summed E-state index contributed by atoms with van der Waals surface area (Å²) in [5.41, 5.74) is 2.38. The zero-order valence-corrected chi connectivity index (χ0v) is 12.8. The number of carbonyl (C=O) groups is 1. The molecule has 1 heterocycles. The Bertz CT molecular complexity index is 577. The number of hydrogen-bond acceptors (Lipinski definition) is 6. The molecule has 0 radical (unpaired) electrons. The Hall–Kier alpha value is -1.80. The van der Waals surface area contributed by atoms with E-state index in [1.54, 1.807) is 11.0 Å². The normalized spacial score (nSPS) is 17.4. The molecular weight excluding hydrogens is 292 g/mol. The van der Waals surface area contributed by atoms with E-state index in [4.69, 9.17) is 5.84 Å². The summed E-state index contributed by atoms with van der Waals surface area (Å²) in [6.45, 7) is 5.38. The molecular formula is C13H18N4O3S. The van der Waals surface area contributed by atoms with Crippen molar-refractivity contribution in [1.82, 2.24) is 4.90 Å². The van der Waals surface area contributed by atoms with E-state index in [-0.39, 0.29) is 27.6 Å². The first kappa shape index (κ1) is 15.6. The highest BCUT2D eigenvalue weighted by atomic mass is 32.2. The summed E-state index contributed by atoms with van der Waals surface area (Å²) < 4.78 is -0.0229. The molecule has 3 N–H and O–H groups in total. The fraction of sp³-hybridized carbons (Fsp3) is 0.462. The Morgan fingerprint density at radius 3 is 2.81 bits per heavy atom. The Morgan fingerprint density at radius 2 is 2.24 bits per heavy atom. The highest BCUT2D eigenvalue weighted by Gasteiger charge is 2.32. The van der Waals surface area contributed by atoms with Crippen LogP contribution in [0.2, 0.25) is 0 Å². The first-order valence-electron chi connectivity index (χ1n) is 6.53. The van der Waals surface area contributed by atoms with E-state index in [1.165, 1.54) is 12.1 Å². The third kappa shape index (κ3) is 3.27. The van der Waals surface area contributed by atoms with Gasteiger partial charge in [0.2, 0.25) is 0 Å². The molecule has 1 fully saturated rings. The minimum Gasteiger partial charge on any atom is -0.336 e. The molecule has 1 aliphatic rings. The predicted octanol–water partition coefficient (Wildman–Crippen LogP) is 1.85. The van der Waals surface area contributed by atoms with Gasteiger partial charge in [-0.2, -0.15) is 11.8 Å². The Labute approximate surface area is 127 Å². The summed E-state index contributed by atoms with van der Waals surface area (Å²) in [5, 5.41) is 11.0. The molecule has 0 unspecified atom stereocenters. The van der Waals surface area contributed by atoms with E-state index in [1.807, 2.05) is 11.8 Å². The number of amides is 1. The summed E-state index contributed by atoms with van der Waals surface area (Å²) >= 11 is 1.81. The van der Waals surface area contributed by atoms with Crippen LogP contribution in [0.5, 0.6) is 0 Å². The van der Waals surface area contributed by atoms with Crippen LogP contribution in [-0.4, -0.2) is 39.3 Å². The summed E-state index contributed by atoms with van der Waals surface area (Å²) in [4.78, 5) is 24.8. The van der Waals surface area contributed by atoms with E-state index in [0.29, 0.717) is 13.1 Å². The van der Waals surface area contributed by atoms with E-state index in [2.05, 4.69) is 19.3 Å². The van der Waals surface area contributed by atoms with Crippen LogP contribution in [0.25, 0.3) is 0 Å². The van der Waals surface area contributed by atoms with Crippen molar-refractivity contribution in [2.45, 2.75) is 18.6 Å². The molecule has 0 saturated carbocycles. The second-order valence-corrected chi connectivity index (χ2v) is 7.24. The van der Waals surface area contributed by atoms with Gasteiger partial charge in [-0.05, 0) is 19.9 Å². The van der Waals surface area contributed by atoms with E-state index < -0.39 is 4.92 Å². The number of anilines is 1. The van der Waals surface area contributed by atoms with Crippen molar-refractivity contribution in [3.8, 4) is 0 Å². The zero-order valence-electron chi connectivity index (χ0n) is 12.0. The SMILES string of the molecule is CC1(C)CN(C(=O)c2cccc([N+](=O)[O-])c2NN)CCS1. The van der Waals surface area contributed by atoms with Crippen molar-refractivity contribution in [2.75, 3.05) is 24.3 Å². The van der Waals surface area contributed by atoms with Gasteiger partial charge in [0.25, 0.3) is 11.6 Å². The van der Waals surface area contributed by atoms with Crippen molar-refractivity contribution in [2.24, 2.45) is 5.84 Å². The lowest BCUT2D eigenvalue weighted by Gasteiger charge is -2.37. The van der Waals surface area contributed by atoms with Gasteiger partial charge in [0.05, 0.1) is 10.5 Å². The number of nitro groups is 1. The van der Waals surface area contributed by atoms with Crippen molar-refractivity contribution >= 4 is 29.0 Å². The smallest absolute Gasteiger partial charge is 0.294 e. The molecule has 0 atom stereocenters. The molecule has 0 aromatic heterocycles.